The minimum Gasteiger partial charge on any atom is -0.374 e. The smallest absolute Gasteiger partial charge is 0.0890 e. The molecule has 3 nitrogen and oxygen atoms in total. The molecule has 0 saturated carbocycles. The summed E-state index contributed by atoms with van der Waals surface area (Å²) in [6.45, 7) is 10.3. The normalized spacial score (nSPS) is 24.9. The summed E-state index contributed by atoms with van der Waals surface area (Å²) in [5.74, 6) is 0. The second-order valence-corrected chi connectivity index (χ2v) is 4.50. The zero-order valence-electron chi connectivity index (χ0n) is 10.4. The van der Waals surface area contributed by atoms with Gasteiger partial charge in [-0.05, 0) is 27.4 Å². The van der Waals surface area contributed by atoms with Crippen LogP contribution < -0.4 is 5.32 Å². The van der Waals surface area contributed by atoms with Crippen LogP contribution in [0.4, 0.5) is 0 Å². The SMILES string of the molecule is CCNC(C=C(C)C)C1CN(C)CCO1. The fraction of sp³-hybridized carbons (Fsp3) is 0.833. The first kappa shape index (κ1) is 12.7. The monoisotopic (exact) mass is 212 g/mol. The number of likely N-dealkylation sites (N-methyl/N-ethyl adjacent to an activating group) is 2. The highest BCUT2D eigenvalue weighted by atomic mass is 16.5. The minimum atomic E-state index is 0.290. The lowest BCUT2D eigenvalue weighted by Crippen LogP contribution is -2.50. The summed E-state index contributed by atoms with van der Waals surface area (Å²) in [5, 5.41) is 3.48. The molecule has 1 saturated heterocycles. The Morgan fingerprint density at radius 3 is 2.87 bits per heavy atom. The third-order valence-corrected chi connectivity index (χ3v) is 2.65. The Morgan fingerprint density at radius 1 is 1.60 bits per heavy atom. The Morgan fingerprint density at radius 2 is 2.33 bits per heavy atom. The van der Waals surface area contributed by atoms with Crippen molar-refractivity contribution in [1.82, 2.24) is 10.2 Å². The van der Waals surface area contributed by atoms with Crippen molar-refractivity contribution in [3.63, 3.8) is 0 Å². The molecular weight excluding hydrogens is 188 g/mol. The molecule has 1 aliphatic rings. The number of rotatable bonds is 4. The maximum atomic E-state index is 5.82. The second-order valence-electron chi connectivity index (χ2n) is 4.50. The summed E-state index contributed by atoms with van der Waals surface area (Å²) in [6.07, 6.45) is 2.56. The molecule has 0 amide bonds. The van der Waals surface area contributed by atoms with Crippen molar-refractivity contribution in [2.24, 2.45) is 0 Å². The zero-order chi connectivity index (χ0) is 11.3. The molecule has 0 bridgehead atoms. The van der Waals surface area contributed by atoms with E-state index in [2.05, 4.69) is 44.1 Å². The van der Waals surface area contributed by atoms with Crippen LogP contribution >= 0.6 is 0 Å². The van der Waals surface area contributed by atoms with Crippen LogP contribution in [0.3, 0.4) is 0 Å². The maximum Gasteiger partial charge on any atom is 0.0890 e. The van der Waals surface area contributed by atoms with Crippen molar-refractivity contribution in [2.75, 3.05) is 33.3 Å². The number of allylic oxidation sites excluding steroid dienone is 1. The number of hydrogen-bond acceptors (Lipinski definition) is 3. The fourth-order valence-corrected chi connectivity index (χ4v) is 1.92. The molecule has 3 heteroatoms. The third kappa shape index (κ3) is 4.33. The molecule has 15 heavy (non-hydrogen) atoms. The van der Waals surface area contributed by atoms with Gasteiger partial charge in [-0.3, -0.25) is 0 Å². The lowest BCUT2D eigenvalue weighted by Gasteiger charge is -2.34. The van der Waals surface area contributed by atoms with Gasteiger partial charge in [0.2, 0.25) is 0 Å². The molecule has 0 aromatic carbocycles. The Balaban J connectivity index is 2.57. The molecule has 1 N–H and O–H groups in total. The molecule has 0 spiro atoms. The van der Waals surface area contributed by atoms with Crippen LogP contribution in [0.1, 0.15) is 20.8 Å². The molecule has 2 unspecified atom stereocenters. The van der Waals surface area contributed by atoms with Crippen molar-refractivity contribution >= 4 is 0 Å². The van der Waals surface area contributed by atoms with E-state index in [0.717, 1.165) is 26.2 Å². The Bertz CT molecular complexity index is 212. The molecular formula is C12H24N2O. The highest BCUT2D eigenvalue weighted by Crippen LogP contribution is 2.10. The van der Waals surface area contributed by atoms with E-state index in [0.29, 0.717) is 12.1 Å². The van der Waals surface area contributed by atoms with Crippen molar-refractivity contribution in [3.8, 4) is 0 Å². The molecule has 0 radical (unpaired) electrons. The average molecular weight is 212 g/mol. The van der Waals surface area contributed by atoms with Crippen LogP contribution in [0.2, 0.25) is 0 Å². The third-order valence-electron chi connectivity index (χ3n) is 2.65. The molecule has 1 heterocycles. The first-order valence-electron chi connectivity index (χ1n) is 5.82. The topological polar surface area (TPSA) is 24.5 Å². The van der Waals surface area contributed by atoms with Gasteiger partial charge in [0.15, 0.2) is 0 Å². The highest BCUT2D eigenvalue weighted by molar-refractivity contribution is 5.04. The quantitative estimate of drug-likeness (QED) is 0.710. The number of nitrogens with one attached hydrogen (secondary N) is 1. The zero-order valence-corrected chi connectivity index (χ0v) is 10.4. The number of morpholine rings is 1. The van der Waals surface area contributed by atoms with Crippen LogP contribution in [0, 0.1) is 0 Å². The van der Waals surface area contributed by atoms with E-state index in [9.17, 15) is 0 Å². The van der Waals surface area contributed by atoms with E-state index in [1.165, 1.54) is 5.57 Å². The van der Waals surface area contributed by atoms with Crippen LogP contribution in [0.25, 0.3) is 0 Å². The summed E-state index contributed by atoms with van der Waals surface area (Å²) in [7, 11) is 2.15. The molecule has 2 atom stereocenters. The standard InChI is InChI=1S/C12H24N2O/c1-5-13-11(8-10(2)3)12-9-14(4)6-7-15-12/h8,11-13H,5-7,9H2,1-4H3. The first-order chi connectivity index (χ1) is 7.13. The van der Waals surface area contributed by atoms with Gasteiger partial charge in [-0.1, -0.05) is 18.6 Å². The van der Waals surface area contributed by atoms with Gasteiger partial charge in [-0.15, -0.1) is 0 Å². The Labute approximate surface area is 93.5 Å². The van der Waals surface area contributed by atoms with E-state index in [1.54, 1.807) is 0 Å². The molecule has 1 fully saturated rings. The molecule has 1 rings (SSSR count). The predicted molar refractivity (Wildman–Crippen MR) is 64.1 cm³/mol. The van der Waals surface area contributed by atoms with Crippen LogP contribution in [-0.2, 0) is 4.74 Å². The van der Waals surface area contributed by atoms with Crippen LogP contribution in [0.15, 0.2) is 11.6 Å². The lowest BCUT2D eigenvalue weighted by molar-refractivity contribution is -0.0303. The number of ether oxygens (including phenoxy) is 1. The molecule has 1 aliphatic heterocycles. The lowest BCUT2D eigenvalue weighted by atomic mass is 10.1. The van der Waals surface area contributed by atoms with Crippen molar-refractivity contribution in [2.45, 2.75) is 32.9 Å². The average Bonchev–Trinajstić information content (AvgIpc) is 2.16. The minimum absolute atomic E-state index is 0.290. The van der Waals surface area contributed by atoms with Gasteiger partial charge >= 0.3 is 0 Å². The summed E-state index contributed by atoms with van der Waals surface area (Å²) in [4.78, 5) is 2.33. The van der Waals surface area contributed by atoms with Crippen molar-refractivity contribution in [1.29, 1.82) is 0 Å². The maximum absolute atomic E-state index is 5.82. The van der Waals surface area contributed by atoms with Crippen LogP contribution in [0.5, 0.6) is 0 Å². The van der Waals surface area contributed by atoms with E-state index >= 15 is 0 Å². The van der Waals surface area contributed by atoms with Gasteiger partial charge in [-0.2, -0.15) is 0 Å². The largest absolute Gasteiger partial charge is 0.374 e. The van der Waals surface area contributed by atoms with Gasteiger partial charge in [0, 0.05) is 13.1 Å². The van der Waals surface area contributed by atoms with Crippen molar-refractivity contribution in [3.05, 3.63) is 11.6 Å². The van der Waals surface area contributed by atoms with E-state index in [1.807, 2.05) is 0 Å². The molecule has 0 aromatic rings. The first-order valence-corrected chi connectivity index (χ1v) is 5.82. The Hall–Kier alpha value is -0.380. The number of hydrogen-bond donors (Lipinski definition) is 1. The van der Waals surface area contributed by atoms with E-state index in [4.69, 9.17) is 4.74 Å². The highest BCUT2D eigenvalue weighted by Gasteiger charge is 2.24. The summed E-state index contributed by atoms with van der Waals surface area (Å²) < 4.78 is 5.82. The van der Waals surface area contributed by atoms with Gasteiger partial charge in [-0.25, -0.2) is 0 Å². The van der Waals surface area contributed by atoms with Gasteiger partial charge < -0.3 is 15.0 Å². The summed E-state index contributed by atoms with van der Waals surface area (Å²) in [5.41, 5.74) is 1.35. The number of nitrogens with zero attached hydrogens (tertiary/aromatic N) is 1. The molecule has 88 valence electrons. The van der Waals surface area contributed by atoms with E-state index in [-0.39, 0.29) is 0 Å². The van der Waals surface area contributed by atoms with Gasteiger partial charge in [0.25, 0.3) is 0 Å². The Kier molecular flexibility index (Phi) is 5.29. The van der Waals surface area contributed by atoms with Crippen LogP contribution in [-0.4, -0.2) is 50.3 Å². The molecule has 0 aromatic heterocycles. The van der Waals surface area contributed by atoms with E-state index < -0.39 is 0 Å². The van der Waals surface area contributed by atoms with Gasteiger partial charge in [0.05, 0.1) is 18.8 Å². The summed E-state index contributed by atoms with van der Waals surface area (Å²) in [6, 6.07) is 0.350. The summed E-state index contributed by atoms with van der Waals surface area (Å²) >= 11 is 0. The second kappa shape index (κ2) is 6.26. The van der Waals surface area contributed by atoms with Crippen molar-refractivity contribution < 1.29 is 4.74 Å². The molecule has 0 aliphatic carbocycles. The van der Waals surface area contributed by atoms with Gasteiger partial charge in [0.1, 0.15) is 0 Å². The predicted octanol–water partition coefficient (Wildman–Crippen LogP) is 1.26. The fourth-order valence-electron chi connectivity index (χ4n) is 1.92.